The van der Waals surface area contributed by atoms with E-state index in [2.05, 4.69) is 48.3 Å². The first-order chi connectivity index (χ1) is 21.4. The van der Waals surface area contributed by atoms with Gasteiger partial charge >= 0.3 is 0 Å². The van der Waals surface area contributed by atoms with Crippen molar-refractivity contribution in [3.63, 3.8) is 0 Å². The van der Waals surface area contributed by atoms with E-state index in [1.807, 2.05) is 12.1 Å². The van der Waals surface area contributed by atoms with Crippen molar-refractivity contribution in [2.45, 2.75) is 37.7 Å². The number of nitriles is 1. The molecule has 13 heteroatoms. The minimum Gasteiger partial charge on any atom is -0.486 e. The second-order valence-corrected chi connectivity index (χ2v) is 11.4. The summed E-state index contributed by atoms with van der Waals surface area (Å²) in [6.45, 7) is 7.55. The zero-order valence-electron chi connectivity index (χ0n) is 24.6. The van der Waals surface area contributed by atoms with Crippen LogP contribution in [-0.4, -0.2) is 108 Å². The number of ether oxygens (including phenoxy) is 2. The number of nitrogens with one attached hydrogen (secondary N) is 1. The van der Waals surface area contributed by atoms with E-state index in [9.17, 15) is 14.4 Å². The van der Waals surface area contributed by atoms with Crippen molar-refractivity contribution in [3.05, 3.63) is 54.4 Å². The Morgan fingerprint density at radius 1 is 1.14 bits per heavy atom. The quantitative estimate of drug-likeness (QED) is 0.392. The van der Waals surface area contributed by atoms with Gasteiger partial charge in [-0.15, -0.1) is 0 Å². The third-order valence-corrected chi connectivity index (χ3v) is 8.33. The van der Waals surface area contributed by atoms with Crippen molar-refractivity contribution >= 4 is 23.2 Å². The number of benzene rings is 2. The first kappa shape index (κ1) is 29.7. The van der Waals surface area contributed by atoms with Gasteiger partial charge in [-0.05, 0) is 49.4 Å². The minimum atomic E-state index is -1.40. The molecule has 0 aliphatic carbocycles. The molecule has 0 bridgehead atoms. The summed E-state index contributed by atoms with van der Waals surface area (Å²) in [5.74, 6) is 0.719. The number of carbonyl (C=O) groups is 1. The summed E-state index contributed by atoms with van der Waals surface area (Å²) in [5.41, 5.74) is 8.50. The number of likely N-dealkylation sites (tertiary alicyclic amines) is 1. The van der Waals surface area contributed by atoms with Crippen molar-refractivity contribution in [2.24, 2.45) is 5.73 Å². The van der Waals surface area contributed by atoms with Crippen LogP contribution >= 0.6 is 0 Å². The van der Waals surface area contributed by atoms with Gasteiger partial charge in [-0.1, -0.05) is 0 Å². The lowest BCUT2D eigenvalue weighted by atomic mass is 10.0. The Bertz CT molecular complexity index is 1500. The minimum absolute atomic E-state index is 0.0953. The molecule has 12 nitrogen and oxygen atoms in total. The fraction of sp³-hybridized carbons (Fsp3) is 0.452. The zero-order valence-corrected chi connectivity index (χ0v) is 24.6. The van der Waals surface area contributed by atoms with E-state index in [1.54, 1.807) is 25.1 Å². The molecule has 6 rings (SSSR count). The number of alkyl halides is 1. The highest BCUT2D eigenvalue weighted by Gasteiger charge is 2.34. The predicted molar refractivity (Wildman–Crippen MR) is 162 cm³/mol. The van der Waals surface area contributed by atoms with Gasteiger partial charge in [0.1, 0.15) is 24.3 Å². The fourth-order valence-corrected chi connectivity index (χ4v) is 5.69. The highest BCUT2D eigenvalue weighted by atomic mass is 19.1. The number of hydrogen-bond acceptors (Lipinski definition) is 11. The Balaban J connectivity index is 1.07. The third-order valence-electron chi connectivity index (χ3n) is 8.33. The van der Waals surface area contributed by atoms with Crippen molar-refractivity contribution in [2.75, 3.05) is 62.7 Å². The number of hydrogen-bond donors (Lipinski definition) is 2. The topological polar surface area (TPSA) is 146 Å². The van der Waals surface area contributed by atoms with Crippen LogP contribution in [0.15, 0.2) is 48.8 Å². The summed E-state index contributed by atoms with van der Waals surface area (Å²) in [4.78, 5) is 31.5. The number of anilines is 3. The fourth-order valence-electron chi connectivity index (χ4n) is 5.69. The van der Waals surface area contributed by atoms with Gasteiger partial charge in [-0.3, -0.25) is 9.69 Å². The summed E-state index contributed by atoms with van der Waals surface area (Å²) >= 11 is 0. The molecule has 0 saturated carbocycles. The Labute approximate surface area is 255 Å². The number of aromatic nitrogens is 3. The van der Waals surface area contributed by atoms with Crippen LogP contribution in [-0.2, 0) is 9.53 Å². The van der Waals surface area contributed by atoms with Crippen LogP contribution < -0.4 is 20.7 Å². The van der Waals surface area contributed by atoms with Crippen LogP contribution in [0, 0.1) is 11.3 Å². The van der Waals surface area contributed by atoms with Gasteiger partial charge in [0.05, 0.1) is 37.4 Å². The van der Waals surface area contributed by atoms with E-state index < -0.39 is 18.3 Å². The summed E-state index contributed by atoms with van der Waals surface area (Å²) in [6.07, 6.45) is -0.478. The van der Waals surface area contributed by atoms with Crippen LogP contribution in [0.3, 0.4) is 0 Å². The average Bonchev–Trinajstić information content (AvgIpc) is 3.02. The van der Waals surface area contributed by atoms with Crippen molar-refractivity contribution < 1.29 is 18.7 Å². The lowest BCUT2D eigenvalue weighted by molar-refractivity contribution is -0.136. The Morgan fingerprint density at radius 3 is 2.57 bits per heavy atom. The number of rotatable bonds is 8. The summed E-state index contributed by atoms with van der Waals surface area (Å²) in [7, 11) is 0. The molecule has 44 heavy (non-hydrogen) atoms. The number of piperazine rings is 1. The summed E-state index contributed by atoms with van der Waals surface area (Å²) < 4.78 is 26.1. The lowest BCUT2D eigenvalue weighted by Crippen LogP contribution is -2.56. The first-order valence-electron chi connectivity index (χ1n) is 14.9. The van der Waals surface area contributed by atoms with E-state index >= 15 is 0 Å². The van der Waals surface area contributed by atoms with Gasteiger partial charge in [0.2, 0.25) is 11.9 Å². The van der Waals surface area contributed by atoms with Crippen LogP contribution in [0.5, 0.6) is 5.75 Å². The van der Waals surface area contributed by atoms with E-state index in [0.717, 1.165) is 45.1 Å². The van der Waals surface area contributed by atoms with Crippen molar-refractivity contribution in [3.8, 4) is 23.2 Å². The average molecular weight is 602 g/mol. The number of carbonyl (C=O) groups excluding carboxylic acids is 1. The zero-order chi connectivity index (χ0) is 30.6. The number of piperidine rings is 1. The van der Waals surface area contributed by atoms with Gasteiger partial charge in [0.25, 0.3) is 0 Å². The molecule has 3 aliphatic rings. The predicted octanol–water partition coefficient (Wildman–Crippen LogP) is 2.34. The normalized spacial score (nSPS) is 21.7. The lowest BCUT2D eigenvalue weighted by Gasteiger charge is -2.43. The molecule has 3 aliphatic heterocycles. The molecule has 3 fully saturated rings. The van der Waals surface area contributed by atoms with Crippen molar-refractivity contribution in [1.82, 2.24) is 24.8 Å². The summed E-state index contributed by atoms with van der Waals surface area (Å²) in [6, 6.07) is 15.2. The van der Waals surface area contributed by atoms with Crippen LogP contribution in [0.25, 0.3) is 11.4 Å². The molecule has 0 unspecified atom stereocenters. The van der Waals surface area contributed by atoms with E-state index in [-0.39, 0.29) is 23.8 Å². The highest BCUT2D eigenvalue weighted by molar-refractivity contribution is 5.81. The molecular formula is C31H36FN9O3. The van der Waals surface area contributed by atoms with E-state index in [0.29, 0.717) is 36.3 Å². The number of halogens is 1. The van der Waals surface area contributed by atoms with Gasteiger partial charge in [-0.25, -0.2) is 14.4 Å². The van der Waals surface area contributed by atoms with Gasteiger partial charge in [-0.2, -0.15) is 10.2 Å². The molecule has 230 valence electrons. The number of nitrogens with two attached hydrogens (primary N) is 1. The van der Waals surface area contributed by atoms with Crippen LogP contribution in [0.1, 0.15) is 18.9 Å². The second kappa shape index (κ2) is 13.1. The summed E-state index contributed by atoms with van der Waals surface area (Å²) in [5, 5.41) is 13.0. The number of nitrogens with zero attached hydrogens (tertiary/aromatic N) is 7. The maximum Gasteiger partial charge on any atom is 0.239 e. The molecule has 1 aromatic heterocycles. The van der Waals surface area contributed by atoms with Crippen LogP contribution in [0.4, 0.5) is 21.7 Å². The standard InChI is InChI=1S/C31H36FN9O3/c1-20(34)30(42)41-9-8-28(26(32)16-41)44-27-7-2-21(14-22(27)15-33)29-35-19-36-31(38-29)37-23-3-5-24(6-4-23)39-10-12-40(13-11-39)25-17-43-18-25/h2-7,14,19-20,25-26,28H,8-13,16-18,34H2,1H3,(H,35,36,37,38)/t20-,26+,28+/m1/s1. The second-order valence-electron chi connectivity index (χ2n) is 11.4. The van der Waals surface area contributed by atoms with Gasteiger partial charge in [0.15, 0.2) is 12.0 Å². The Hall–Kier alpha value is -4.38. The van der Waals surface area contributed by atoms with E-state index in [4.69, 9.17) is 15.2 Å². The van der Waals surface area contributed by atoms with Gasteiger partial charge < -0.3 is 30.3 Å². The SMILES string of the molecule is C[C@@H](N)C(=O)N1CC[C@H](Oc2ccc(-c3ncnc(Nc4ccc(N5CCN(C6COC6)CC5)cc4)n3)cc2C#N)[C@@H](F)C1. The molecule has 2 aromatic carbocycles. The largest absolute Gasteiger partial charge is 0.486 e. The van der Waals surface area contributed by atoms with Crippen molar-refractivity contribution in [1.29, 1.82) is 5.26 Å². The maximum absolute atomic E-state index is 14.9. The number of amides is 1. The van der Waals surface area contributed by atoms with E-state index in [1.165, 1.54) is 16.9 Å². The van der Waals surface area contributed by atoms with Gasteiger partial charge in [0, 0.05) is 56.1 Å². The third kappa shape index (κ3) is 6.57. The Kier molecular flexibility index (Phi) is 8.83. The molecular weight excluding hydrogens is 565 g/mol. The first-order valence-corrected chi connectivity index (χ1v) is 14.9. The van der Waals surface area contributed by atoms with Crippen LogP contribution in [0.2, 0.25) is 0 Å². The molecule has 4 heterocycles. The molecule has 3 atom stereocenters. The molecule has 3 aromatic rings. The maximum atomic E-state index is 14.9. The Morgan fingerprint density at radius 2 is 1.91 bits per heavy atom. The molecule has 3 N–H and O–H groups in total. The molecule has 0 spiro atoms. The molecule has 0 radical (unpaired) electrons. The molecule has 3 saturated heterocycles. The monoisotopic (exact) mass is 601 g/mol. The molecule has 1 amide bonds. The smallest absolute Gasteiger partial charge is 0.239 e. The highest BCUT2D eigenvalue weighted by Crippen LogP contribution is 2.29.